The summed E-state index contributed by atoms with van der Waals surface area (Å²) >= 11 is 0. The maximum absolute atomic E-state index is 5.98. The lowest BCUT2D eigenvalue weighted by Gasteiger charge is -2.20. The summed E-state index contributed by atoms with van der Waals surface area (Å²) in [4.78, 5) is 0. The molecule has 152 valence electrons. The molecule has 2 nitrogen and oxygen atoms in total. The minimum absolute atomic E-state index is 0.628. The molecule has 5 rings (SSSR count). The predicted octanol–water partition coefficient (Wildman–Crippen LogP) is 7.56. The Morgan fingerprint density at radius 2 is 1.10 bits per heavy atom. The fraction of sp³-hybridized carbons (Fsp3) is 0.286. The van der Waals surface area contributed by atoms with E-state index in [0.717, 1.165) is 24.3 Å². The van der Waals surface area contributed by atoms with E-state index in [0.29, 0.717) is 13.2 Å². The van der Waals surface area contributed by atoms with Gasteiger partial charge in [-0.25, -0.2) is 0 Å². The second kappa shape index (κ2) is 7.36. The standard InChI is InChI=1S/C28H28O2/c1-5-18-22-15-24(29-7-3)25(30-8-4)16-23(22)19(6-2)28-21-14-10-12-17-11-9-13-20(26(17)21)27(18)28/h9-16H,5-8H2,1-4H3. The number of benzene rings is 4. The summed E-state index contributed by atoms with van der Waals surface area (Å²) in [6.07, 6.45) is 1.96. The van der Waals surface area contributed by atoms with E-state index in [-0.39, 0.29) is 0 Å². The van der Waals surface area contributed by atoms with Gasteiger partial charge in [0.1, 0.15) is 0 Å². The van der Waals surface area contributed by atoms with E-state index in [4.69, 9.17) is 9.47 Å². The van der Waals surface area contributed by atoms with Crippen molar-refractivity contribution in [2.75, 3.05) is 13.2 Å². The molecule has 0 atom stereocenters. The van der Waals surface area contributed by atoms with Gasteiger partial charge in [-0.3, -0.25) is 0 Å². The Balaban J connectivity index is 1.96. The lowest BCUT2D eigenvalue weighted by atomic mass is 9.85. The molecule has 0 N–H and O–H groups in total. The average Bonchev–Trinajstić information content (AvgIpc) is 3.09. The van der Waals surface area contributed by atoms with Gasteiger partial charge in [-0.2, -0.15) is 0 Å². The van der Waals surface area contributed by atoms with Crippen LogP contribution in [0.2, 0.25) is 0 Å². The summed E-state index contributed by atoms with van der Waals surface area (Å²) < 4.78 is 12.0. The van der Waals surface area contributed by atoms with Gasteiger partial charge in [0.25, 0.3) is 0 Å². The highest BCUT2D eigenvalue weighted by Crippen LogP contribution is 2.53. The highest BCUT2D eigenvalue weighted by atomic mass is 16.5. The highest BCUT2D eigenvalue weighted by Gasteiger charge is 2.28. The second-order valence-electron chi connectivity index (χ2n) is 7.83. The van der Waals surface area contributed by atoms with E-state index < -0.39 is 0 Å². The summed E-state index contributed by atoms with van der Waals surface area (Å²) in [7, 11) is 0. The van der Waals surface area contributed by atoms with Gasteiger partial charge in [-0.15, -0.1) is 0 Å². The minimum Gasteiger partial charge on any atom is -0.490 e. The van der Waals surface area contributed by atoms with Gasteiger partial charge < -0.3 is 9.47 Å². The Kier molecular flexibility index (Phi) is 4.66. The van der Waals surface area contributed by atoms with Crippen molar-refractivity contribution in [3.8, 4) is 33.8 Å². The first-order chi connectivity index (χ1) is 14.7. The summed E-state index contributed by atoms with van der Waals surface area (Å²) in [5.41, 5.74) is 8.40. The second-order valence-corrected chi connectivity index (χ2v) is 7.83. The number of hydrogen-bond donors (Lipinski definition) is 0. The first kappa shape index (κ1) is 19.0. The van der Waals surface area contributed by atoms with Crippen molar-refractivity contribution in [1.82, 2.24) is 0 Å². The van der Waals surface area contributed by atoms with Crippen molar-refractivity contribution < 1.29 is 9.47 Å². The van der Waals surface area contributed by atoms with Crippen LogP contribution < -0.4 is 9.47 Å². The molecule has 0 amide bonds. The van der Waals surface area contributed by atoms with Gasteiger partial charge in [0.15, 0.2) is 11.5 Å². The zero-order valence-corrected chi connectivity index (χ0v) is 18.3. The normalized spacial score (nSPS) is 11.9. The molecule has 0 spiro atoms. The lowest BCUT2D eigenvalue weighted by molar-refractivity contribution is 0.288. The van der Waals surface area contributed by atoms with Crippen LogP contribution in [0, 0.1) is 0 Å². The van der Waals surface area contributed by atoms with Crippen LogP contribution >= 0.6 is 0 Å². The van der Waals surface area contributed by atoms with E-state index in [1.807, 2.05) is 13.8 Å². The highest BCUT2D eigenvalue weighted by molar-refractivity contribution is 6.20. The molecule has 0 unspecified atom stereocenters. The van der Waals surface area contributed by atoms with E-state index >= 15 is 0 Å². The molecule has 0 heterocycles. The molecule has 1 aliphatic rings. The molecule has 0 saturated heterocycles. The van der Waals surface area contributed by atoms with Crippen molar-refractivity contribution in [1.29, 1.82) is 0 Å². The first-order valence-electron chi connectivity index (χ1n) is 11.2. The fourth-order valence-electron chi connectivity index (χ4n) is 5.25. The quantitative estimate of drug-likeness (QED) is 0.295. The largest absolute Gasteiger partial charge is 0.490 e. The molecule has 0 aliphatic heterocycles. The van der Waals surface area contributed by atoms with Crippen LogP contribution in [-0.4, -0.2) is 13.2 Å². The molecular formula is C28H28O2. The summed E-state index contributed by atoms with van der Waals surface area (Å²) in [6.45, 7) is 9.84. The van der Waals surface area contributed by atoms with Crippen LogP contribution in [0.15, 0.2) is 48.5 Å². The van der Waals surface area contributed by atoms with Gasteiger partial charge in [-0.1, -0.05) is 50.2 Å². The Hall–Kier alpha value is -3.00. The molecule has 0 radical (unpaired) electrons. The van der Waals surface area contributed by atoms with Gasteiger partial charge in [0.05, 0.1) is 13.2 Å². The van der Waals surface area contributed by atoms with E-state index in [9.17, 15) is 0 Å². The topological polar surface area (TPSA) is 18.5 Å². The Morgan fingerprint density at radius 3 is 1.50 bits per heavy atom. The third kappa shape index (κ3) is 2.56. The monoisotopic (exact) mass is 396 g/mol. The first-order valence-corrected chi connectivity index (χ1v) is 11.2. The maximum Gasteiger partial charge on any atom is 0.161 e. The number of aryl methyl sites for hydroxylation is 2. The zero-order chi connectivity index (χ0) is 20.8. The zero-order valence-electron chi connectivity index (χ0n) is 18.3. The number of hydrogen-bond acceptors (Lipinski definition) is 2. The van der Waals surface area contributed by atoms with Crippen molar-refractivity contribution in [2.45, 2.75) is 40.5 Å². The molecule has 0 bridgehead atoms. The molecule has 0 saturated carbocycles. The van der Waals surface area contributed by atoms with Crippen molar-refractivity contribution in [3.63, 3.8) is 0 Å². The summed E-state index contributed by atoms with van der Waals surface area (Å²) in [5, 5.41) is 5.30. The van der Waals surface area contributed by atoms with E-state index in [1.54, 1.807) is 0 Å². The van der Waals surface area contributed by atoms with Crippen molar-refractivity contribution in [2.24, 2.45) is 0 Å². The van der Waals surface area contributed by atoms with Crippen LogP contribution in [0.1, 0.15) is 38.8 Å². The summed E-state index contributed by atoms with van der Waals surface area (Å²) in [5.74, 6) is 1.69. The molecule has 2 heteroatoms. The third-order valence-electron chi connectivity index (χ3n) is 6.34. The molecular weight excluding hydrogens is 368 g/mol. The third-order valence-corrected chi connectivity index (χ3v) is 6.34. The maximum atomic E-state index is 5.98. The summed E-state index contributed by atoms with van der Waals surface area (Å²) in [6, 6.07) is 17.8. The Bertz CT molecular complexity index is 1190. The van der Waals surface area contributed by atoms with Gasteiger partial charge in [0.2, 0.25) is 0 Å². The predicted molar refractivity (Wildman–Crippen MR) is 127 cm³/mol. The fourth-order valence-corrected chi connectivity index (χ4v) is 5.25. The van der Waals surface area contributed by atoms with E-state index in [1.165, 1.54) is 54.9 Å². The Labute approximate surface area is 178 Å². The smallest absolute Gasteiger partial charge is 0.161 e. The van der Waals surface area contributed by atoms with Crippen LogP contribution in [0.5, 0.6) is 11.5 Å². The number of rotatable bonds is 6. The molecule has 0 aromatic heterocycles. The average molecular weight is 397 g/mol. The molecule has 4 aromatic rings. The Morgan fingerprint density at radius 1 is 0.633 bits per heavy atom. The van der Waals surface area contributed by atoms with Gasteiger partial charge in [-0.05, 0) is 93.7 Å². The molecule has 4 aromatic carbocycles. The molecule has 1 aliphatic carbocycles. The minimum atomic E-state index is 0.628. The van der Waals surface area contributed by atoms with Gasteiger partial charge in [0, 0.05) is 0 Å². The number of ether oxygens (including phenoxy) is 2. The molecule has 30 heavy (non-hydrogen) atoms. The van der Waals surface area contributed by atoms with Crippen LogP contribution in [0.25, 0.3) is 43.8 Å². The lowest BCUT2D eigenvalue weighted by Crippen LogP contribution is -2.02. The van der Waals surface area contributed by atoms with Crippen molar-refractivity contribution in [3.05, 3.63) is 59.7 Å². The van der Waals surface area contributed by atoms with Crippen LogP contribution in [0.3, 0.4) is 0 Å². The SMILES string of the molecule is CCOc1cc2c(CC)c3c(c(CC)c2cc1OCC)-c1cccc2cccc-3c12. The van der Waals surface area contributed by atoms with Gasteiger partial charge >= 0.3 is 0 Å². The molecule has 0 fully saturated rings. The van der Waals surface area contributed by atoms with Crippen molar-refractivity contribution >= 4 is 21.5 Å². The van der Waals surface area contributed by atoms with E-state index in [2.05, 4.69) is 62.4 Å². The van der Waals surface area contributed by atoms with Crippen LogP contribution in [0.4, 0.5) is 0 Å². The number of fused-ring (bicyclic) bond motifs is 4. The van der Waals surface area contributed by atoms with Crippen LogP contribution in [-0.2, 0) is 12.8 Å².